The van der Waals surface area contributed by atoms with Crippen LogP contribution in [0.4, 0.5) is 0 Å². The van der Waals surface area contributed by atoms with Crippen molar-refractivity contribution >= 4 is 0 Å². The molecular weight excluding hydrogens is 364 g/mol. The summed E-state index contributed by atoms with van der Waals surface area (Å²) in [6.45, 7) is 5.44. The van der Waals surface area contributed by atoms with Crippen LogP contribution in [0.5, 0.6) is 11.5 Å². The first kappa shape index (κ1) is 18.2. The van der Waals surface area contributed by atoms with Gasteiger partial charge in [0, 0.05) is 37.3 Å². The summed E-state index contributed by atoms with van der Waals surface area (Å²) in [7, 11) is 0. The Labute approximate surface area is 170 Å². The minimum absolute atomic E-state index is 0.289. The molecule has 6 nitrogen and oxygen atoms in total. The van der Waals surface area contributed by atoms with Crippen LogP contribution in [-0.2, 0) is 6.54 Å². The van der Waals surface area contributed by atoms with Crippen LogP contribution >= 0.6 is 0 Å². The lowest BCUT2D eigenvalue weighted by atomic mass is 9.99. The van der Waals surface area contributed by atoms with E-state index in [2.05, 4.69) is 50.7 Å². The number of aromatic amines is 1. The number of fused-ring (bicyclic) bond motifs is 1. The molecule has 29 heavy (non-hydrogen) atoms. The number of hydrogen-bond donors (Lipinski definition) is 2. The van der Waals surface area contributed by atoms with Gasteiger partial charge in [-0.15, -0.1) is 0 Å². The quantitative estimate of drug-likeness (QED) is 0.606. The predicted octanol–water partition coefficient (Wildman–Crippen LogP) is 3.38. The summed E-state index contributed by atoms with van der Waals surface area (Å²) in [5, 5.41) is 10.9. The Kier molecular flexibility index (Phi) is 5.19. The van der Waals surface area contributed by atoms with Crippen molar-refractivity contribution in [3.63, 3.8) is 0 Å². The van der Waals surface area contributed by atoms with E-state index in [4.69, 9.17) is 9.47 Å². The Morgan fingerprint density at radius 2 is 2.00 bits per heavy atom. The van der Waals surface area contributed by atoms with Crippen LogP contribution in [0.1, 0.15) is 23.5 Å². The third kappa shape index (κ3) is 3.99. The monoisotopic (exact) mass is 390 g/mol. The largest absolute Gasteiger partial charge is 0.454 e. The second kappa shape index (κ2) is 8.27. The average molecular weight is 390 g/mol. The molecule has 5 rings (SSSR count). The molecule has 0 bridgehead atoms. The Hall–Kier alpha value is -2.83. The number of likely N-dealkylation sites (tertiary alicyclic amines) is 1. The maximum absolute atomic E-state index is 5.50. The second-order valence-electron chi connectivity index (χ2n) is 7.71. The van der Waals surface area contributed by atoms with Gasteiger partial charge in [0.05, 0.1) is 11.9 Å². The highest BCUT2D eigenvalue weighted by atomic mass is 16.7. The van der Waals surface area contributed by atoms with Crippen LogP contribution in [0, 0.1) is 0 Å². The summed E-state index contributed by atoms with van der Waals surface area (Å²) >= 11 is 0. The molecule has 1 fully saturated rings. The molecule has 6 heteroatoms. The van der Waals surface area contributed by atoms with Crippen LogP contribution < -0.4 is 14.8 Å². The molecule has 2 aliphatic heterocycles. The van der Waals surface area contributed by atoms with Gasteiger partial charge < -0.3 is 19.7 Å². The molecule has 0 spiro atoms. The average Bonchev–Trinajstić information content (AvgIpc) is 3.52. The number of nitrogens with zero attached hydrogens (tertiary/aromatic N) is 2. The van der Waals surface area contributed by atoms with Crippen molar-refractivity contribution in [2.24, 2.45) is 0 Å². The molecule has 3 heterocycles. The van der Waals surface area contributed by atoms with Crippen LogP contribution in [0.15, 0.2) is 54.7 Å². The van der Waals surface area contributed by atoms with Crippen molar-refractivity contribution in [1.29, 1.82) is 0 Å². The molecule has 1 aromatic heterocycles. The number of nitrogens with one attached hydrogen (secondary N) is 2. The highest BCUT2D eigenvalue weighted by molar-refractivity contribution is 5.66. The predicted molar refractivity (Wildman–Crippen MR) is 112 cm³/mol. The molecule has 1 saturated heterocycles. The molecular formula is C23H26N4O2. The number of H-pyrrole nitrogens is 1. The molecule has 0 unspecified atom stereocenters. The summed E-state index contributed by atoms with van der Waals surface area (Å²) in [6, 6.07) is 16.9. The van der Waals surface area contributed by atoms with Crippen LogP contribution in [0.3, 0.4) is 0 Å². The molecule has 0 radical (unpaired) electrons. The van der Waals surface area contributed by atoms with E-state index in [1.54, 1.807) is 0 Å². The summed E-state index contributed by atoms with van der Waals surface area (Å²) in [5.41, 5.74) is 4.72. The summed E-state index contributed by atoms with van der Waals surface area (Å²) in [5.74, 6) is 2.26. The Morgan fingerprint density at radius 3 is 2.93 bits per heavy atom. The van der Waals surface area contributed by atoms with Gasteiger partial charge in [-0.1, -0.05) is 30.3 Å². The highest BCUT2D eigenvalue weighted by Crippen LogP contribution is 2.36. The fourth-order valence-electron chi connectivity index (χ4n) is 4.24. The lowest BCUT2D eigenvalue weighted by Crippen LogP contribution is -2.30. The Morgan fingerprint density at radius 1 is 1.10 bits per heavy atom. The minimum Gasteiger partial charge on any atom is -0.454 e. The third-order valence-corrected chi connectivity index (χ3v) is 5.84. The van der Waals surface area contributed by atoms with E-state index in [-0.39, 0.29) is 6.79 Å². The van der Waals surface area contributed by atoms with Crippen molar-refractivity contribution in [2.75, 3.05) is 33.0 Å². The molecule has 0 aliphatic carbocycles. The van der Waals surface area contributed by atoms with Crippen LogP contribution in [0.25, 0.3) is 11.3 Å². The van der Waals surface area contributed by atoms with E-state index in [1.807, 2.05) is 24.4 Å². The zero-order valence-electron chi connectivity index (χ0n) is 16.4. The Balaban J connectivity index is 1.12. The standard InChI is InChI=1S/C23H26N4O2/c1-2-4-17(5-3-1)19-8-10-27(15-19)11-9-24-13-20-14-25-26-23(20)18-6-7-21-22(12-18)29-16-28-21/h1-7,12,14,19,24H,8-11,13,15-16H2,(H,25,26)/t19-/m0/s1. The SMILES string of the molecule is c1ccc([C@H]2CCN(CCNCc3cn[nH]c3-c3ccc4c(c3)OCO4)C2)cc1. The molecule has 0 amide bonds. The molecule has 150 valence electrons. The number of benzene rings is 2. The van der Waals surface area contributed by atoms with Crippen molar-refractivity contribution in [1.82, 2.24) is 20.4 Å². The number of hydrogen-bond acceptors (Lipinski definition) is 5. The van der Waals surface area contributed by atoms with Crippen molar-refractivity contribution in [2.45, 2.75) is 18.9 Å². The van der Waals surface area contributed by atoms with Gasteiger partial charge in [0.2, 0.25) is 6.79 Å². The molecule has 0 saturated carbocycles. The second-order valence-corrected chi connectivity index (χ2v) is 7.71. The van der Waals surface area contributed by atoms with E-state index in [9.17, 15) is 0 Å². The van der Waals surface area contributed by atoms with Gasteiger partial charge >= 0.3 is 0 Å². The van der Waals surface area contributed by atoms with E-state index < -0.39 is 0 Å². The van der Waals surface area contributed by atoms with Gasteiger partial charge in [-0.3, -0.25) is 5.10 Å². The third-order valence-electron chi connectivity index (χ3n) is 5.84. The van der Waals surface area contributed by atoms with Gasteiger partial charge in [0.1, 0.15) is 0 Å². The number of aromatic nitrogens is 2. The number of rotatable bonds is 7. The fraction of sp³-hybridized carbons (Fsp3) is 0.348. The minimum atomic E-state index is 0.289. The zero-order chi connectivity index (χ0) is 19.5. The summed E-state index contributed by atoms with van der Waals surface area (Å²) < 4.78 is 10.9. The molecule has 2 aliphatic rings. The lowest BCUT2D eigenvalue weighted by molar-refractivity contribution is 0.174. The first-order chi connectivity index (χ1) is 14.4. The van der Waals surface area contributed by atoms with Crippen LogP contribution in [-0.4, -0.2) is 48.1 Å². The van der Waals surface area contributed by atoms with Gasteiger partial charge in [0.25, 0.3) is 0 Å². The maximum Gasteiger partial charge on any atom is 0.231 e. The smallest absolute Gasteiger partial charge is 0.231 e. The van der Waals surface area contributed by atoms with Gasteiger partial charge in [-0.2, -0.15) is 5.10 Å². The van der Waals surface area contributed by atoms with E-state index >= 15 is 0 Å². The number of ether oxygens (including phenoxy) is 2. The highest BCUT2D eigenvalue weighted by Gasteiger charge is 2.23. The molecule has 2 aromatic carbocycles. The summed E-state index contributed by atoms with van der Waals surface area (Å²) in [4.78, 5) is 2.55. The normalized spacial score (nSPS) is 18.4. The molecule has 2 N–H and O–H groups in total. The van der Waals surface area contributed by atoms with Gasteiger partial charge in [0.15, 0.2) is 11.5 Å². The first-order valence-corrected chi connectivity index (χ1v) is 10.3. The van der Waals surface area contributed by atoms with Gasteiger partial charge in [-0.05, 0) is 42.6 Å². The van der Waals surface area contributed by atoms with Crippen molar-refractivity contribution in [3.8, 4) is 22.8 Å². The topological polar surface area (TPSA) is 62.4 Å². The first-order valence-electron chi connectivity index (χ1n) is 10.3. The molecule has 3 aromatic rings. The zero-order valence-corrected chi connectivity index (χ0v) is 16.4. The van der Waals surface area contributed by atoms with Crippen LogP contribution in [0.2, 0.25) is 0 Å². The van der Waals surface area contributed by atoms with E-state index in [0.717, 1.165) is 54.5 Å². The van der Waals surface area contributed by atoms with E-state index in [0.29, 0.717) is 5.92 Å². The summed E-state index contributed by atoms with van der Waals surface area (Å²) in [6.07, 6.45) is 3.15. The van der Waals surface area contributed by atoms with Crippen molar-refractivity contribution in [3.05, 3.63) is 65.9 Å². The Bertz CT molecular complexity index is 957. The van der Waals surface area contributed by atoms with E-state index in [1.165, 1.54) is 18.5 Å². The van der Waals surface area contributed by atoms with Crippen molar-refractivity contribution < 1.29 is 9.47 Å². The van der Waals surface area contributed by atoms with Gasteiger partial charge in [-0.25, -0.2) is 0 Å². The maximum atomic E-state index is 5.50. The lowest BCUT2D eigenvalue weighted by Gasteiger charge is -2.16. The molecule has 1 atom stereocenters. The fourth-order valence-corrected chi connectivity index (χ4v) is 4.24.